The minimum atomic E-state index is -0.226. The molecule has 3 heteroatoms. The van der Waals surface area contributed by atoms with Gasteiger partial charge in [-0.3, -0.25) is 0 Å². The van der Waals surface area contributed by atoms with Crippen molar-refractivity contribution in [3.63, 3.8) is 0 Å². The summed E-state index contributed by atoms with van der Waals surface area (Å²) >= 11 is 5.85. The van der Waals surface area contributed by atoms with Crippen molar-refractivity contribution in [3.05, 3.63) is 34.9 Å². The van der Waals surface area contributed by atoms with E-state index in [1.807, 2.05) is 0 Å². The molecule has 20 heavy (non-hydrogen) atoms. The SMILES string of the molecule is CC1(C)C2CCC1(C)C(OC(=O)c1ccc(Cl)cc1)C2. The molecule has 108 valence electrons. The van der Waals surface area contributed by atoms with Crippen LogP contribution in [0.2, 0.25) is 5.02 Å². The lowest BCUT2D eigenvalue weighted by Crippen LogP contribution is -2.38. The van der Waals surface area contributed by atoms with E-state index in [2.05, 4.69) is 20.8 Å². The third kappa shape index (κ3) is 1.88. The monoisotopic (exact) mass is 292 g/mol. The molecular formula is C17H21ClO2. The third-order valence-corrected chi connectivity index (χ3v) is 6.30. The summed E-state index contributed by atoms with van der Waals surface area (Å²) in [5.41, 5.74) is 0.955. The van der Waals surface area contributed by atoms with Crippen molar-refractivity contribution < 1.29 is 9.53 Å². The zero-order chi connectivity index (χ0) is 14.5. The van der Waals surface area contributed by atoms with Gasteiger partial charge < -0.3 is 4.74 Å². The van der Waals surface area contributed by atoms with E-state index in [-0.39, 0.29) is 22.9 Å². The van der Waals surface area contributed by atoms with Crippen LogP contribution in [-0.4, -0.2) is 12.1 Å². The number of carbonyl (C=O) groups excluding carboxylic acids is 1. The highest BCUT2D eigenvalue weighted by molar-refractivity contribution is 6.30. The van der Waals surface area contributed by atoms with Gasteiger partial charge in [-0.15, -0.1) is 0 Å². The number of esters is 1. The summed E-state index contributed by atoms with van der Waals surface area (Å²) in [4.78, 5) is 12.3. The largest absolute Gasteiger partial charge is 0.458 e. The van der Waals surface area contributed by atoms with Crippen LogP contribution >= 0.6 is 11.6 Å². The van der Waals surface area contributed by atoms with Crippen LogP contribution in [0, 0.1) is 16.7 Å². The summed E-state index contributed by atoms with van der Waals surface area (Å²) in [6, 6.07) is 6.91. The molecule has 0 aliphatic heterocycles. The van der Waals surface area contributed by atoms with Crippen molar-refractivity contribution in [2.45, 2.75) is 46.1 Å². The Hall–Kier alpha value is -1.02. The highest BCUT2D eigenvalue weighted by Gasteiger charge is 2.62. The highest BCUT2D eigenvalue weighted by atomic mass is 35.5. The van der Waals surface area contributed by atoms with Gasteiger partial charge in [0.15, 0.2) is 0 Å². The summed E-state index contributed by atoms with van der Waals surface area (Å²) < 4.78 is 5.83. The standard InChI is InChI=1S/C17H21ClO2/c1-16(2)12-8-9-17(16,3)14(10-12)20-15(19)11-4-6-13(18)7-5-11/h4-7,12,14H,8-10H2,1-3H3. The molecule has 3 rings (SSSR count). The first-order chi connectivity index (χ1) is 9.34. The molecule has 2 nitrogen and oxygen atoms in total. The van der Waals surface area contributed by atoms with Gasteiger partial charge in [-0.2, -0.15) is 0 Å². The fraction of sp³-hybridized carbons (Fsp3) is 0.588. The molecule has 0 N–H and O–H groups in total. The zero-order valence-corrected chi connectivity index (χ0v) is 13.0. The van der Waals surface area contributed by atoms with Crippen LogP contribution in [0.3, 0.4) is 0 Å². The topological polar surface area (TPSA) is 26.3 Å². The van der Waals surface area contributed by atoms with Gasteiger partial charge in [-0.25, -0.2) is 4.79 Å². The van der Waals surface area contributed by atoms with Gasteiger partial charge in [0.25, 0.3) is 0 Å². The van der Waals surface area contributed by atoms with Gasteiger partial charge in [0.05, 0.1) is 5.56 Å². The van der Waals surface area contributed by atoms with E-state index in [0.717, 1.165) is 12.8 Å². The van der Waals surface area contributed by atoms with Crippen molar-refractivity contribution in [3.8, 4) is 0 Å². The molecule has 3 unspecified atom stereocenters. The predicted molar refractivity (Wildman–Crippen MR) is 79.9 cm³/mol. The molecule has 2 aliphatic rings. The molecular weight excluding hydrogens is 272 g/mol. The molecule has 0 amide bonds. The van der Waals surface area contributed by atoms with Crippen molar-refractivity contribution >= 4 is 17.6 Å². The second-order valence-electron chi connectivity index (χ2n) is 7.01. The minimum absolute atomic E-state index is 0.0411. The van der Waals surface area contributed by atoms with E-state index in [1.54, 1.807) is 24.3 Å². The smallest absolute Gasteiger partial charge is 0.338 e. The van der Waals surface area contributed by atoms with Crippen LogP contribution in [0.5, 0.6) is 0 Å². The van der Waals surface area contributed by atoms with Crippen molar-refractivity contribution in [1.82, 2.24) is 0 Å². The fourth-order valence-electron chi connectivity index (χ4n) is 4.09. The molecule has 1 aromatic carbocycles. The minimum Gasteiger partial charge on any atom is -0.458 e. The number of halogens is 1. The van der Waals surface area contributed by atoms with Crippen LogP contribution in [-0.2, 0) is 4.74 Å². The molecule has 2 aliphatic carbocycles. The molecule has 2 saturated carbocycles. The van der Waals surface area contributed by atoms with E-state index in [4.69, 9.17) is 16.3 Å². The maximum absolute atomic E-state index is 12.3. The van der Waals surface area contributed by atoms with Gasteiger partial charge >= 0.3 is 5.97 Å². The Morgan fingerprint density at radius 2 is 1.90 bits per heavy atom. The molecule has 2 bridgehead atoms. The number of ether oxygens (including phenoxy) is 1. The second kappa shape index (κ2) is 4.49. The summed E-state index contributed by atoms with van der Waals surface area (Å²) in [5.74, 6) is 0.451. The number of fused-ring (bicyclic) bond motifs is 2. The van der Waals surface area contributed by atoms with Crippen LogP contribution < -0.4 is 0 Å². The molecule has 1 aromatic rings. The first-order valence-corrected chi connectivity index (χ1v) is 7.69. The molecule has 3 atom stereocenters. The van der Waals surface area contributed by atoms with E-state index < -0.39 is 0 Å². The van der Waals surface area contributed by atoms with E-state index in [1.165, 1.54) is 6.42 Å². The molecule has 0 saturated heterocycles. The van der Waals surface area contributed by atoms with Crippen molar-refractivity contribution in [2.75, 3.05) is 0 Å². The molecule has 0 heterocycles. The Kier molecular flexibility index (Phi) is 3.13. The summed E-state index contributed by atoms with van der Waals surface area (Å²) in [6.07, 6.45) is 3.46. The van der Waals surface area contributed by atoms with E-state index >= 15 is 0 Å². The number of carbonyl (C=O) groups is 1. The predicted octanol–water partition coefficient (Wildman–Crippen LogP) is 4.71. The van der Waals surface area contributed by atoms with Crippen LogP contribution in [0.1, 0.15) is 50.4 Å². The highest BCUT2D eigenvalue weighted by Crippen LogP contribution is 2.66. The van der Waals surface area contributed by atoms with Gasteiger partial charge in [-0.05, 0) is 54.9 Å². The third-order valence-electron chi connectivity index (χ3n) is 6.04. The normalized spacial score (nSPS) is 34.2. The average Bonchev–Trinajstić information content (AvgIpc) is 2.72. The van der Waals surface area contributed by atoms with E-state index in [9.17, 15) is 4.79 Å². The van der Waals surface area contributed by atoms with Crippen molar-refractivity contribution in [2.24, 2.45) is 16.7 Å². The molecule has 2 fully saturated rings. The summed E-state index contributed by atoms with van der Waals surface area (Å²) in [5, 5.41) is 0.634. The Labute approximate surface area is 125 Å². The van der Waals surface area contributed by atoms with Gasteiger partial charge in [-0.1, -0.05) is 32.4 Å². The average molecular weight is 293 g/mol. The number of rotatable bonds is 2. The fourth-order valence-corrected chi connectivity index (χ4v) is 4.22. The lowest BCUT2D eigenvalue weighted by Gasteiger charge is -2.38. The number of benzene rings is 1. The van der Waals surface area contributed by atoms with Gasteiger partial charge in [0.1, 0.15) is 6.10 Å². The summed E-state index contributed by atoms with van der Waals surface area (Å²) in [6.45, 7) is 6.92. The summed E-state index contributed by atoms with van der Waals surface area (Å²) in [7, 11) is 0. The van der Waals surface area contributed by atoms with Crippen molar-refractivity contribution in [1.29, 1.82) is 0 Å². The number of hydrogen-bond acceptors (Lipinski definition) is 2. The zero-order valence-electron chi connectivity index (χ0n) is 12.3. The van der Waals surface area contributed by atoms with Gasteiger partial charge in [0, 0.05) is 10.4 Å². The van der Waals surface area contributed by atoms with Crippen LogP contribution in [0.25, 0.3) is 0 Å². The van der Waals surface area contributed by atoms with Crippen LogP contribution in [0.15, 0.2) is 24.3 Å². The maximum Gasteiger partial charge on any atom is 0.338 e. The Morgan fingerprint density at radius 1 is 1.25 bits per heavy atom. The van der Waals surface area contributed by atoms with Crippen LogP contribution in [0.4, 0.5) is 0 Å². The maximum atomic E-state index is 12.3. The molecule has 0 aromatic heterocycles. The Morgan fingerprint density at radius 3 is 2.40 bits per heavy atom. The lowest BCUT2D eigenvalue weighted by molar-refractivity contribution is -0.0242. The van der Waals surface area contributed by atoms with E-state index in [0.29, 0.717) is 16.5 Å². The first-order valence-electron chi connectivity index (χ1n) is 7.31. The molecule has 0 radical (unpaired) electrons. The number of hydrogen-bond donors (Lipinski definition) is 0. The second-order valence-corrected chi connectivity index (χ2v) is 7.45. The lowest BCUT2D eigenvalue weighted by atomic mass is 9.70. The Bertz CT molecular complexity index is 534. The molecule has 0 spiro atoms. The quantitative estimate of drug-likeness (QED) is 0.738. The first kappa shape index (κ1) is 13.9. The van der Waals surface area contributed by atoms with Gasteiger partial charge in [0.2, 0.25) is 0 Å². The Balaban J connectivity index is 1.76.